The van der Waals surface area contributed by atoms with E-state index in [2.05, 4.69) is 0 Å². The van der Waals surface area contributed by atoms with E-state index < -0.39 is 0 Å². The van der Waals surface area contributed by atoms with E-state index >= 15 is 0 Å². The summed E-state index contributed by atoms with van der Waals surface area (Å²) in [5.74, 6) is -0.175. The van der Waals surface area contributed by atoms with Crippen LogP contribution in [0.25, 0.3) is 0 Å². The smallest absolute Gasteiger partial charge is 0.243 e. The molecule has 1 saturated heterocycles. The number of hydrogen-bond donors (Lipinski definition) is 0. The predicted molar refractivity (Wildman–Crippen MR) is 71.5 cm³/mol. The van der Waals surface area contributed by atoms with E-state index in [-0.39, 0.29) is 37.2 Å². The van der Waals surface area contributed by atoms with Gasteiger partial charge in [-0.25, -0.2) is 0 Å². The van der Waals surface area contributed by atoms with E-state index in [1.165, 1.54) is 16.9 Å². The molecule has 0 N–H and O–H groups in total. The SMILES string of the molecule is COc1ccccc1C(=O)CN1CC(=O)N(C)CC1=O. The van der Waals surface area contributed by atoms with Gasteiger partial charge in [-0.05, 0) is 12.1 Å². The summed E-state index contributed by atoms with van der Waals surface area (Å²) >= 11 is 0. The Bertz CT molecular complexity index is 556. The van der Waals surface area contributed by atoms with Crippen molar-refractivity contribution in [3.63, 3.8) is 0 Å². The van der Waals surface area contributed by atoms with Crippen LogP contribution in [0.15, 0.2) is 24.3 Å². The highest BCUT2D eigenvalue weighted by atomic mass is 16.5. The molecule has 0 aromatic heterocycles. The molecule has 20 heavy (non-hydrogen) atoms. The van der Waals surface area contributed by atoms with Crippen LogP contribution < -0.4 is 4.74 Å². The molecule has 2 rings (SSSR count). The largest absolute Gasteiger partial charge is 0.496 e. The zero-order chi connectivity index (χ0) is 14.7. The Hall–Kier alpha value is -2.37. The Morgan fingerprint density at radius 1 is 1.20 bits per heavy atom. The molecule has 1 aliphatic heterocycles. The van der Waals surface area contributed by atoms with Gasteiger partial charge in [0.2, 0.25) is 11.8 Å². The van der Waals surface area contributed by atoms with Crippen molar-refractivity contribution < 1.29 is 19.1 Å². The predicted octanol–water partition coefficient (Wildman–Crippen LogP) is 0.178. The average molecular weight is 276 g/mol. The van der Waals surface area contributed by atoms with Crippen molar-refractivity contribution in [2.45, 2.75) is 0 Å². The maximum absolute atomic E-state index is 12.2. The molecule has 0 atom stereocenters. The molecule has 0 unspecified atom stereocenters. The number of rotatable bonds is 4. The van der Waals surface area contributed by atoms with Gasteiger partial charge in [0, 0.05) is 7.05 Å². The molecule has 0 saturated carbocycles. The van der Waals surface area contributed by atoms with Gasteiger partial charge in [-0.15, -0.1) is 0 Å². The van der Waals surface area contributed by atoms with Crippen LogP contribution in [0.1, 0.15) is 10.4 Å². The number of methoxy groups -OCH3 is 1. The Labute approximate surface area is 116 Å². The van der Waals surface area contributed by atoms with Gasteiger partial charge < -0.3 is 14.5 Å². The lowest BCUT2D eigenvalue weighted by Crippen LogP contribution is -2.53. The van der Waals surface area contributed by atoms with Crippen molar-refractivity contribution >= 4 is 17.6 Å². The minimum atomic E-state index is -0.242. The highest BCUT2D eigenvalue weighted by Crippen LogP contribution is 2.18. The topological polar surface area (TPSA) is 66.9 Å². The fourth-order valence-electron chi connectivity index (χ4n) is 2.04. The first-order valence-electron chi connectivity index (χ1n) is 6.21. The molecule has 0 aliphatic carbocycles. The van der Waals surface area contributed by atoms with Crippen LogP contribution >= 0.6 is 0 Å². The van der Waals surface area contributed by atoms with Gasteiger partial charge in [0.15, 0.2) is 5.78 Å². The number of amides is 2. The summed E-state index contributed by atoms with van der Waals surface area (Å²) in [5, 5.41) is 0. The number of nitrogens with zero attached hydrogens (tertiary/aromatic N) is 2. The minimum absolute atomic E-state index is 0.0119. The molecule has 1 aromatic carbocycles. The number of carbonyl (C=O) groups is 3. The number of ether oxygens (including phenoxy) is 1. The van der Waals surface area contributed by atoms with Crippen LogP contribution in [0.2, 0.25) is 0 Å². The van der Waals surface area contributed by atoms with Crippen LogP contribution in [0.5, 0.6) is 5.75 Å². The van der Waals surface area contributed by atoms with Crippen molar-refractivity contribution in [2.75, 3.05) is 33.8 Å². The summed E-state index contributed by atoms with van der Waals surface area (Å²) in [6, 6.07) is 6.82. The molecule has 0 bridgehead atoms. The second-order valence-corrected chi connectivity index (χ2v) is 4.62. The van der Waals surface area contributed by atoms with Gasteiger partial charge in [0.05, 0.1) is 25.8 Å². The molecule has 106 valence electrons. The number of ketones is 1. The van der Waals surface area contributed by atoms with Gasteiger partial charge in [-0.1, -0.05) is 12.1 Å². The van der Waals surface area contributed by atoms with Crippen LogP contribution in [-0.4, -0.2) is 61.2 Å². The summed E-state index contributed by atoms with van der Waals surface area (Å²) in [6.45, 7) is -0.160. The van der Waals surface area contributed by atoms with Crippen molar-refractivity contribution in [3.8, 4) is 5.75 Å². The molecule has 6 heteroatoms. The summed E-state index contributed by atoms with van der Waals surface area (Å²) < 4.78 is 5.12. The zero-order valence-corrected chi connectivity index (χ0v) is 11.5. The molecule has 1 aromatic rings. The minimum Gasteiger partial charge on any atom is -0.496 e. The molecule has 0 spiro atoms. The molecule has 1 fully saturated rings. The van der Waals surface area contributed by atoms with Gasteiger partial charge in [-0.2, -0.15) is 0 Å². The van der Waals surface area contributed by atoms with Gasteiger partial charge in [0.1, 0.15) is 12.3 Å². The number of piperazine rings is 1. The van der Waals surface area contributed by atoms with Crippen molar-refractivity contribution in [3.05, 3.63) is 29.8 Å². The highest BCUT2D eigenvalue weighted by molar-refractivity contribution is 6.03. The van der Waals surface area contributed by atoms with Gasteiger partial charge in [-0.3, -0.25) is 14.4 Å². The maximum Gasteiger partial charge on any atom is 0.243 e. The molecule has 1 aliphatic rings. The first-order valence-corrected chi connectivity index (χ1v) is 6.21. The lowest BCUT2D eigenvalue weighted by Gasteiger charge is -2.31. The lowest BCUT2D eigenvalue weighted by atomic mass is 10.1. The number of benzene rings is 1. The second-order valence-electron chi connectivity index (χ2n) is 4.62. The standard InChI is InChI=1S/C14H16N2O4/c1-15-8-14(19)16(9-13(15)18)7-11(17)10-5-3-4-6-12(10)20-2/h3-6H,7-9H2,1-2H3. The first-order chi connectivity index (χ1) is 9.52. The third-order valence-corrected chi connectivity index (χ3v) is 3.22. The van der Waals surface area contributed by atoms with Crippen molar-refractivity contribution in [1.82, 2.24) is 9.80 Å². The Kier molecular flexibility index (Phi) is 4.02. The fraction of sp³-hybridized carbons (Fsp3) is 0.357. The fourth-order valence-corrected chi connectivity index (χ4v) is 2.04. The number of likely N-dealkylation sites (N-methyl/N-ethyl adjacent to an activating group) is 1. The highest BCUT2D eigenvalue weighted by Gasteiger charge is 2.29. The van der Waals surface area contributed by atoms with E-state index in [1.807, 2.05) is 0 Å². The molecule has 0 radical (unpaired) electrons. The van der Waals surface area contributed by atoms with E-state index in [0.717, 1.165) is 0 Å². The van der Waals surface area contributed by atoms with Crippen molar-refractivity contribution in [1.29, 1.82) is 0 Å². The van der Waals surface area contributed by atoms with E-state index in [4.69, 9.17) is 4.74 Å². The Morgan fingerprint density at radius 2 is 1.90 bits per heavy atom. The third-order valence-electron chi connectivity index (χ3n) is 3.22. The first kappa shape index (κ1) is 14.0. The normalized spacial score (nSPS) is 15.5. The summed E-state index contributed by atoms with van der Waals surface area (Å²) in [5.41, 5.74) is 0.411. The average Bonchev–Trinajstić information content (AvgIpc) is 2.44. The zero-order valence-electron chi connectivity index (χ0n) is 11.5. The quantitative estimate of drug-likeness (QED) is 0.736. The van der Waals surface area contributed by atoms with Gasteiger partial charge in [0.25, 0.3) is 0 Å². The summed E-state index contributed by atoms with van der Waals surface area (Å²) in [7, 11) is 3.05. The van der Waals surface area contributed by atoms with Crippen LogP contribution in [-0.2, 0) is 9.59 Å². The van der Waals surface area contributed by atoms with E-state index in [1.54, 1.807) is 31.3 Å². The lowest BCUT2D eigenvalue weighted by molar-refractivity contribution is -0.148. The second kappa shape index (κ2) is 5.73. The molecule has 6 nitrogen and oxygen atoms in total. The van der Waals surface area contributed by atoms with Crippen LogP contribution in [0, 0.1) is 0 Å². The van der Waals surface area contributed by atoms with Crippen LogP contribution in [0.3, 0.4) is 0 Å². The molecular weight excluding hydrogens is 260 g/mol. The molecule has 1 heterocycles. The Morgan fingerprint density at radius 3 is 2.60 bits per heavy atom. The molecular formula is C14H16N2O4. The number of para-hydroxylation sites is 1. The van der Waals surface area contributed by atoms with E-state index in [9.17, 15) is 14.4 Å². The number of Topliss-reactive ketones (excluding diaryl/α,β-unsaturated/α-hetero) is 1. The maximum atomic E-state index is 12.2. The summed E-state index contributed by atoms with van der Waals surface area (Å²) in [6.07, 6.45) is 0. The molecule has 2 amide bonds. The van der Waals surface area contributed by atoms with Crippen LogP contribution in [0.4, 0.5) is 0 Å². The van der Waals surface area contributed by atoms with E-state index in [0.29, 0.717) is 11.3 Å². The summed E-state index contributed by atoms with van der Waals surface area (Å²) in [4.78, 5) is 38.3. The number of hydrogen-bond acceptors (Lipinski definition) is 4. The monoisotopic (exact) mass is 276 g/mol. The van der Waals surface area contributed by atoms with Crippen molar-refractivity contribution in [2.24, 2.45) is 0 Å². The third kappa shape index (κ3) is 2.79. The number of carbonyl (C=O) groups excluding carboxylic acids is 3. The van der Waals surface area contributed by atoms with Gasteiger partial charge >= 0.3 is 0 Å². The Balaban J connectivity index is 2.11.